The highest BCUT2D eigenvalue weighted by Gasteiger charge is 2.30. The van der Waals surface area contributed by atoms with Gasteiger partial charge in [-0.05, 0) is 25.7 Å². The van der Waals surface area contributed by atoms with Crippen molar-refractivity contribution >= 4 is 39.5 Å². The van der Waals surface area contributed by atoms with E-state index in [1.165, 1.54) is 244 Å². The molecule has 0 bridgehead atoms. The number of carbonyl (C=O) groups is 4. The summed E-state index contributed by atoms with van der Waals surface area (Å²) >= 11 is 0. The number of unbranched alkanes of at least 4 members (excludes halogenated alkanes) is 52. The molecule has 0 radical (unpaired) electrons. The minimum Gasteiger partial charge on any atom is -0.462 e. The second-order valence-corrected chi connectivity index (χ2v) is 30.7. The topological polar surface area (TPSA) is 237 Å². The molecule has 0 aliphatic carbocycles. The Morgan fingerprint density at radius 2 is 0.417 bits per heavy atom. The standard InChI is InChI=1S/C77H150O17P2/c1-5-9-13-17-21-25-29-32-35-37-40-44-48-52-56-60-64-77(82)94-73(68-88-75(80)62-58-54-50-46-42-39-36-33-30-26-22-18-14-10-6-2)70-92-96(85,86)90-66-71(78)65-89-95(83,84)91-69-72(67-87-74(79)61-57-53-49-45-41-28-24-20-16-12-8-4)93-76(81)63-59-55-51-47-43-38-34-31-27-23-19-15-11-7-3/h71-73,78H,5-70H2,1-4H3,(H,83,84)(H,85,86)/t71-,72+,73+/m0/s1. The van der Waals surface area contributed by atoms with E-state index in [2.05, 4.69) is 27.7 Å². The van der Waals surface area contributed by atoms with Gasteiger partial charge < -0.3 is 33.8 Å². The average Bonchev–Trinajstić information content (AvgIpc) is 1.61. The minimum absolute atomic E-state index is 0.109. The molecule has 0 aromatic rings. The number of esters is 4. The third kappa shape index (κ3) is 70.5. The summed E-state index contributed by atoms with van der Waals surface area (Å²) in [6, 6.07) is 0. The fourth-order valence-corrected chi connectivity index (χ4v) is 13.5. The van der Waals surface area contributed by atoms with Crippen LogP contribution in [0.2, 0.25) is 0 Å². The molecular formula is C77H150O17P2. The molecule has 0 fully saturated rings. The van der Waals surface area contributed by atoms with Gasteiger partial charge in [0.05, 0.1) is 26.4 Å². The maximum Gasteiger partial charge on any atom is 0.472 e. The molecule has 0 heterocycles. The van der Waals surface area contributed by atoms with E-state index in [1.54, 1.807) is 0 Å². The van der Waals surface area contributed by atoms with Crippen LogP contribution in [-0.2, 0) is 65.4 Å². The lowest BCUT2D eigenvalue weighted by Gasteiger charge is -2.21. The van der Waals surface area contributed by atoms with Crippen molar-refractivity contribution in [2.24, 2.45) is 0 Å². The molecule has 0 amide bonds. The number of rotatable bonds is 78. The van der Waals surface area contributed by atoms with Crippen LogP contribution in [0.4, 0.5) is 0 Å². The van der Waals surface area contributed by atoms with E-state index in [-0.39, 0.29) is 25.7 Å². The molecule has 0 aromatic heterocycles. The quantitative estimate of drug-likeness (QED) is 0.0222. The van der Waals surface area contributed by atoms with Crippen molar-refractivity contribution in [1.29, 1.82) is 0 Å². The summed E-state index contributed by atoms with van der Waals surface area (Å²) in [7, 11) is -9.91. The van der Waals surface area contributed by atoms with E-state index in [9.17, 15) is 43.2 Å². The highest BCUT2D eigenvalue weighted by Crippen LogP contribution is 2.45. The van der Waals surface area contributed by atoms with Gasteiger partial charge in [-0.1, -0.05) is 362 Å². The zero-order chi connectivity index (χ0) is 70.4. The molecule has 17 nitrogen and oxygen atoms in total. The van der Waals surface area contributed by atoms with Gasteiger partial charge in [-0.2, -0.15) is 0 Å². The van der Waals surface area contributed by atoms with Gasteiger partial charge in [-0.25, -0.2) is 9.13 Å². The number of aliphatic hydroxyl groups is 1. The fraction of sp³-hybridized carbons (Fsp3) is 0.948. The largest absolute Gasteiger partial charge is 0.472 e. The smallest absolute Gasteiger partial charge is 0.462 e. The summed E-state index contributed by atoms with van der Waals surface area (Å²) in [5, 5.41) is 10.6. The van der Waals surface area contributed by atoms with E-state index in [0.29, 0.717) is 25.7 Å². The van der Waals surface area contributed by atoms with Crippen LogP contribution in [0.15, 0.2) is 0 Å². The van der Waals surface area contributed by atoms with Crippen LogP contribution in [0.1, 0.15) is 413 Å². The Morgan fingerprint density at radius 3 is 0.615 bits per heavy atom. The van der Waals surface area contributed by atoms with Crippen LogP contribution >= 0.6 is 15.6 Å². The molecular weight excluding hydrogens is 1260 g/mol. The van der Waals surface area contributed by atoms with Crippen molar-refractivity contribution in [3.05, 3.63) is 0 Å². The molecule has 0 saturated carbocycles. The summed E-state index contributed by atoms with van der Waals surface area (Å²) in [6.07, 6.45) is 62.2. The van der Waals surface area contributed by atoms with Crippen LogP contribution in [0.25, 0.3) is 0 Å². The summed E-state index contributed by atoms with van der Waals surface area (Å²) in [4.78, 5) is 72.9. The number of carbonyl (C=O) groups excluding carboxylic acids is 4. The van der Waals surface area contributed by atoms with Crippen LogP contribution in [-0.4, -0.2) is 96.7 Å². The van der Waals surface area contributed by atoms with Gasteiger partial charge >= 0.3 is 39.5 Å². The van der Waals surface area contributed by atoms with Crippen LogP contribution in [0.5, 0.6) is 0 Å². The molecule has 19 heteroatoms. The van der Waals surface area contributed by atoms with Crippen molar-refractivity contribution in [1.82, 2.24) is 0 Å². The van der Waals surface area contributed by atoms with Crippen LogP contribution in [0, 0.1) is 0 Å². The molecule has 0 saturated heterocycles. The van der Waals surface area contributed by atoms with Gasteiger partial charge in [0.2, 0.25) is 0 Å². The Bertz CT molecular complexity index is 1830. The van der Waals surface area contributed by atoms with Crippen molar-refractivity contribution in [2.45, 2.75) is 431 Å². The Balaban J connectivity index is 5.25. The van der Waals surface area contributed by atoms with E-state index in [1.807, 2.05) is 0 Å². The van der Waals surface area contributed by atoms with Crippen LogP contribution in [0.3, 0.4) is 0 Å². The lowest BCUT2D eigenvalue weighted by molar-refractivity contribution is -0.161. The van der Waals surface area contributed by atoms with E-state index < -0.39 is 97.5 Å². The first-order chi connectivity index (χ1) is 46.7. The van der Waals surface area contributed by atoms with Crippen LogP contribution < -0.4 is 0 Å². The van der Waals surface area contributed by atoms with Crippen molar-refractivity contribution < 1.29 is 80.2 Å². The Hall–Kier alpha value is -1.94. The number of hydrogen-bond acceptors (Lipinski definition) is 15. The van der Waals surface area contributed by atoms with Gasteiger partial charge in [0.25, 0.3) is 0 Å². The fourth-order valence-electron chi connectivity index (χ4n) is 11.9. The number of phosphoric ester groups is 2. The number of ether oxygens (including phenoxy) is 4. The van der Waals surface area contributed by atoms with E-state index in [4.69, 9.17) is 37.0 Å². The van der Waals surface area contributed by atoms with Crippen molar-refractivity contribution in [3.63, 3.8) is 0 Å². The predicted molar refractivity (Wildman–Crippen MR) is 391 cm³/mol. The maximum absolute atomic E-state index is 13.1. The lowest BCUT2D eigenvalue weighted by Crippen LogP contribution is -2.30. The number of phosphoric acid groups is 2. The molecule has 2 unspecified atom stereocenters. The number of aliphatic hydroxyl groups excluding tert-OH is 1. The van der Waals surface area contributed by atoms with Crippen molar-refractivity contribution in [3.8, 4) is 0 Å². The Kier molecular flexibility index (Phi) is 70.0. The molecule has 0 aliphatic heterocycles. The zero-order valence-corrected chi connectivity index (χ0v) is 64.1. The van der Waals surface area contributed by atoms with Gasteiger partial charge in [-0.15, -0.1) is 0 Å². The molecule has 570 valence electrons. The zero-order valence-electron chi connectivity index (χ0n) is 62.4. The summed E-state index contributed by atoms with van der Waals surface area (Å²) < 4.78 is 68.6. The normalized spacial score (nSPS) is 13.9. The second-order valence-electron chi connectivity index (χ2n) is 27.7. The third-order valence-electron chi connectivity index (χ3n) is 18.1. The summed E-state index contributed by atoms with van der Waals surface area (Å²) in [5.74, 6) is -2.11. The molecule has 3 N–H and O–H groups in total. The minimum atomic E-state index is -4.96. The average molecular weight is 1410 g/mol. The molecule has 96 heavy (non-hydrogen) atoms. The predicted octanol–water partition coefficient (Wildman–Crippen LogP) is 23.0. The highest BCUT2D eigenvalue weighted by atomic mass is 31.2. The second kappa shape index (κ2) is 71.5. The molecule has 5 atom stereocenters. The number of hydrogen-bond donors (Lipinski definition) is 3. The van der Waals surface area contributed by atoms with E-state index in [0.717, 1.165) is 89.9 Å². The molecule has 0 rings (SSSR count). The maximum atomic E-state index is 13.1. The monoisotopic (exact) mass is 1410 g/mol. The third-order valence-corrected chi connectivity index (χ3v) is 20.0. The summed E-state index contributed by atoms with van der Waals surface area (Å²) in [6.45, 7) is 5.01. The highest BCUT2D eigenvalue weighted by molar-refractivity contribution is 7.47. The molecule has 0 aromatic carbocycles. The summed E-state index contributed by atoms with van der Waals surface area (Å²) in [5.41, 5.74) is 0. The lowest BCUT2D eigenvalue weighted by atomic mass is 10.0. The Labute approximate surface area is 588 Å². The van der Waals surface area contributed by atoms with E-state index >= 15 is 0 Å². The van der Waals surface area contributed by atoms with Crippen molar-refractivity contribution in [2.75, 3.05) is 39.6 Å². The first kappa shape index (κ1) is 94.1. The SMILES string of the molecule is CCCCCCCCCCCCCCCCCCC(=O)O[C@H](COC(=O)CCCCCCCCCCCCCCCCC)COP(=O)(O)OC[C@@H](O)COP(=O)(O)OC[C@@H](COC(=O)CCCCCCCCCCCCC)OC(=O)CCCCCCCCCCCCCCCC. The van der Waals surface area contributed by atoms with Gasteiger partial charge in [0.15, 0.2) is 12.2 Å². The first-order valence-electron chi connectivity index (χ1n) is 40.3. The van der Waals surface area contributed by atoms with Gasteiger partial charge in [0.1, 0.15) is 19.3 Å². The van der Waals surface area contributed by atoms with Gasteiger partial charge in [0, 0.05) is 25.7 Å². The van der Waals surface area contributed by atoms with Gasteiger partial charge in [-0.3, -0.25) is 37.3 Å². The Morgan fingerprint density at radius 1 is 0.250 bits per heavy atom. The molecule has 0 spiro atoms. The first-order valence-corrected chi connectivity index (χ1v) is 43.3. The molecule has 0 aliphatic rings.